The fourth-order valence-corrected chi connectivity index (χ4v) is 2.37. The zero-order valence-corrected chi connectivity index (χ0v) is 14.1. The summed E-state index contributed by atoms with van der Waals surface area (Å²) in [6.45, 7) is 7.11. The molecular weight excluding hydrogens is 276 g/mol. The fourth-order valence-electron chi connectivity index (χ4n) is 2.37. The van der Waals surface area contributed by atoms with Gasteiger partial charge in [-0.1, -0.05) is 37.2 Å². The van der Waals surface area contributed by atoms with Crippen LogP contribution >= 0.6 is 0 Å². The Balaban J connectivity index is 1.91. The van der Waals surface area contributed by atoms with Crippen LogP contribution in [0.15, 0.2) is 28.8 Å². The van der Waals surface area contributed by atoms with Crippen molar-refractivity contribution in [2.24, 2.45) is 0 Å². The van der Waals surface area contributed by atoms with Gasteiger partial charge in [0.2, 0.25) is 5.89 Å². The molecule has 1 atom stereocenters. The normalized spacial score (nSPS) is 12.6. The van der Waals surface area contributed by atoms with Crippen molar-refractivity contribution in [2.45, 2.75) is 39.2 Å². The van der Waals surface area contributed by atoms with Crippen LogP contribution in [-0.2, 0) is 6.42 Å². The molecule has 5 nitrogen and oxygen atoms in total. The number of hydrogen-bond acceptors (Lipinski definition) is 5. The zero-order valence-electron chi connectivity index (χ0n) is 14.1. The van der Waals surface area contributed by atoms with Gasteiger partial charge in [-0.3, -0.25) is 0 Å². The van der Waals surface area contributed by atoms with Gasteiger partial charge in [-0.2, -0.15) is 4.98 Å². The molecule has 0 aliphatic heterocycles. The lowest BCUT2D eigenvalue weighted by atomic mass is 10.1. The first kappa shape index (κ1) is 16.5. The molecule has 2 rings (SSSR count). The highest BCUT2D eigenvalue weighted by Crippen LogP contribution is 2.24. The minimum atomic E-state index is 0.270. The topological polar surface area (TPSA) is 54.2 Å². The van der Waals surface area contributed by atoms with Crippen molar-refractivity contribution < 1.29 is 4.52 Å². The van der Waals surface area contributed by atoms with Crippen LogP contribution in [0.5, 0.6) is 0 Å². The molecule has 0 aliphatic rings. The molecule has 0 amide bonds. The van der Waals surface area contributed by atoms with Gasteiger partial charge in [0, 0.05) is 44.7 Å². The largest absolute Gasteiger partial charge is 0.377 e. The maximum atomic E-state index is 5.27. The van der Waals surface area contributed by atoms with E-state index in [-0.39, 0.29) is 6.04 Å². The van der Waals surface area contributed by atoms with Crippen LogP contribution in [0.1, 0.15) is 50.0 Å². The summed E-state index contributed by atoms with van der Waals surface area (Å²) in [5.41, 5.74) is 2.53. The van der Waals surface area contributed by atoms with Crippen molar-refractivity contribution in [1.29, 1.82) is 0 Å². The van der Waals surface area contributed by atoms with Gasteiger partial charge in [-0.05, 0) is 18.6 Å². The van der Waals surface area contributed by atoms with E-state index in [1.54, 1.807) is 0 Å². The molecule has 0 radical (unpaired) electrons. The molecule has 120 valence electrons. The van der Waals surface area contributed by atoms with Crippen molar-refractivity contribution in [3.05, 3.63) is 41.5 Å². The molecule has 1 heterocycles. The Hall–Kier alpha value is -1.88. The van der Waals surface area contributed by atoms with E-state index in [4.69, 9.17) is 4.52 Å². The first-order valence-corrected chi connectivity index (χ1v) is 7.81. The third-order valence-corrected chi connectivity index (χ3v) is 3.67. The molecule has 0 saturated heterocycles. The summed E-state index contributed by atoms with van der Waals surface area (Å²) in [7, 11) is 4.13. The van der Waals surface area contributed by atoms with Crippen LogP contribution in [0.3, 0.4) is 0 Å². The molecule has 5 heteroatoms. The summed E-state index contributed by atoms with van der Waals surface area (Å²) >= 11 is 0. The van der Waals surface area contributed by atoms with Gasteiger partial charge in [0.25, 0.3) is 0 Å². The van der Waals surface area contributed by atoms with E-state index in [1.165, 1.54) is 11.3 Å². The second-order valence-electron chi connectivity index (χ2n) is 6.08. The molecule has 22 heavy (non-hydrogen) atoms. The lowest BCUT2D eigenvalue weighted by Gasteiger charge is -2.22. The van der Waals surface area contributed by atoms with Crippen LogP contribution in [-0.4, -0.2) is 30.8 Å². The average Bonchev–Trinajstić information content (AvgIpc) is 2.96. The number of aromatic nitrogens is 2. The van der Waals surface area contributed by atoms with E-state index in [9.17, 15) is 0 Å². The van der Waals surface area contributed by atoms with Gasteiger partial charge in [-0.25, -0.2) is 0 Å². The SMILES string of the molecule is CC(C)c1noc(CCNC(C)c2ccccc2N(C)C)n1. The Labute approximate surface area is 132 Å². The van der Waals surface area contributed by atoms with E-state index < -0.39 is 0 Å². The first-order chi connectivity index (χ1) is 10.5. The average molecular weight is 302 g/mol. The molecule has 0 aliphatic carbocycles. The standard InChI is InChI=1S/C17H26N4O/c1-12(2)17-19-16(22-20-17)10-11-18-13(3)14-8-6-7-9-15(14)21(4)5/h6-9,12-13,18H,10-11H2,1-5H3. The van der Waals surface area contributed by atoms with Crippen LogP contribution < -0.4 is 10.2 Å². The molecule has 0 bridgehead atoms. The van der Waals surface area contributed by atoms with Crippen LogP contribution in [0.2, 0.25) is 0 Å². The molecule has 1 N–H and O–H groups in total. The van der Waals surface area contributed by atoms with Gasteiger partial charge < -0.3 is 14.7 Å². The maximum Gasteiger partial charge on any atom is 0.227 e. The maximum absolute atomic E-state index is 5.27. The number of hydrogen-bond donors (Lipinski definition) is 1. The number of para-hydroxylation sites is 1. The lowest BCUT2D eigenvalue weighted by Crippen LogP contribution is -2.23. The van der Waals surface area contributed by atoms with Crippen LogP contribution in [0.25, 0.3) is 0 Å². The number of nitrogens with zero attached hydrogens (tertiary/aromatic N) is 3. The first-order valence-electron chi connectivity index (χ1n) is 7.81. The van der Waals surface area contributed by atoms with Gasteiger partial charge in [0.1, 0.15) is 0 Å². The third-order valence-electron chi connectivity index (χ3n) is 3.67. The molecule has 1 aromatic heterocycles. The minimum absolute atomic E-state index is 0.270. The fraction of sp³-hybridized carbons (Fsp3) is 0.529. The van der Waals surface area contributed by atoms with E-state index >= 15 is 0 Å². The Morgan fingerprint density at radius 3 is 2.55 bits per heavy atom. The molecule has 0 spiro atoms. The predicted molar refractivity (Wildman–Crippen MR) is 89.3 cm³/mol. The summed E-state index contributed by atoms with van der Waals surface area (Å²) in [5.74, 6) is 1.78. The Bertz CT molecular complexity index is 592. The molecule has 2 aromatic rings. The molecule has 0 fully saturated rings. The highest BCUT2D eigenvalue weighted by atomic mass is 16.5. The number of nitrogens with one attached hydrogen (secondary N) is 1. The Morgan fingerprint density at radius 2 is 1.91 bits per heavy atom. The minimum Gasteiger partial charge on any atom is -0.377 e. The summed E-state index contributed by atoms with van der Waals surface area (Å²) in [6, 6.07) is 8.72. The predicted octanol–water partition coefficient (Wildman–Crippen LogP) is 3.15. The monoisotopic (exact) mass is 302 g/mol. The molecule has 1 aromatic carbocycles. The summed E-state index contributed by atoms with van der Waals surface area (Å²) < 4.78 is 5.27. The van der Waals surface area contributed by atoms with Gasteiger partial charge in [-0.15, -0.1) is 0 Å². The van der Waals surface area contributed by atoms with E-state index in [0.29, 0.717) is 11.8 Å². The number of anilines is 1. The van der Waals surface area contributed by atoms with Gasteiger partial charge >= 0.3 is 0 Å². The van der Waals surface area contributed by atoms with Crippen molar-refractivity contribution >= 4 is 5.69 Å². The van der Waals surface area contributed by atoms with Crippen molar-refractivity contribution in [3.63, 3.8) is 0 Å². The Kier molecular flexibility index (Phi) is 5.55. The second-order valence-corrected chi connectivity index (χ2v) is 6.08. The van der Waals surface area contributed by atoms with E-state index in [0.717, 1.165) is 18.8 Å². The quantitative estimate of drug-likeness (QED) is 0.851. The molecule has 1 unspecified atom stereocenters. The molecular formula is C17H26N4O. The van der Waals surface area contributed by atoms with Crippen LogP contribution in [0.4, 0.5) is 5.69 Å². The lowest BCUT2D eigenvalue weighted by molar-refractivity contribution is 0.367. The highest BCUT2D eigenvalue weighted by molar-refractivity contribution is 5.53. The van der Waals surface area contributed by atoms with Crippen molar-refractivity contribution in [1.82, 2.24) is 15.5 Å². The summed E-state index contributed by atoms with van der Waals surface area (Å²) in [4.78, 5) is 6.54. The second kappa shape index (κ2) is 7.40. The van der Waals surface area contributed by atoms with E-state index in [2.05, 4.69) is 79.5 Å². The van der Waals surface area contributed by atoms with Crippen molar-refractivity contribution in [2.75, 3.05) is 25.5 Å². The van der Waals surface area contributed by atoms with Crippen LogP contribution in [0, 0.1) is 0 Å². The Morgan fingerprint density at radius 1 is 1.18 bits per heavy atom. The van der Waals surface area contributed by atoms with E-state index in [1.807, 2.05) is 0 Å². The highest BCUT2D eigenvalue weighted by Gasteiger charge is 2.12. The van der Waals surface area contributed by atoms with Crippen molar-refractivity contribution in [3.8, 4) is 0 Å². The summed E-state index contributed by atoms with van der Waals surface area (Å²) in [5, 5.41) is 7.52. The smallest absolute Gasteiger partial charge is 0.227 e. The summed E-state index contributed by atoms with van der Waals surface area (Å²) in [6.07, 6.45) is 0.744. The number of benzene rings is 1. The molecule has 0 saturated carbocycles. The zero-order chi connectivity index (χ0) is 16.1. The van der Waals surface area contributed by atoms with Gasteiger partial charge in [0.15, 0.2) is 5.82 Å². The third kappa shape index (κ3) is 4.07. The number of rotatable bonds is 7. The van der Waals surface area contributed by atoms with Gasteiger partial charge in [0.05, 0.1) is 0 Å².